The summed E-state index contributed by atoms with van der Waals surface area (Å²) in [5.74, 6) is 0.248. The van der Waals surface area contributed by atoms with Crippen molar-refractivity contribution in [2.24, 2.45) is 5.92 Å². The average molecular weight is 531 g/mol. The summed E-state index contributed by atoms with van der Waals surface area (Å²) in [6.07, 6.45) is 2.00. The highest BCUT2D eigenvalue weighted by molar-refractivity contribution is 5.98. The fourth-order valence-electron chi connectivity index (χ4n) is 4.42. The molecule has 0 atom stereocenters. The Morgan fingerprint density at radius 3 is 2.54 bits per heavy atom. The second kappa shape index (κ2) is 11.9. The number of rotatable bonds is 10. The lowest BCUT2D eigenvalue weighted by Gasteiger charge is -2.21. The van der Waals surface area contributed by atoms with Gasteiger partial charge in [0.25, 0.3) is 5.91 Å². The number of aromatic amines is 1. The summed E-state index contributed by atoms with van der Waals surface area (Å²) in [4.78, 5) is 27.6. The third kappa shape index (κ3) is 6.14. The molecule has 4 aromatic rings. The number of carbonyl (C=O) groups is 1. The number of carbonyl (C=O) groups excluding carboxylic acids is 1. The van der Waals surface area contributed by atoms with Gasteiger partial charge in [-0.05, 0) is 49.4 Å². The van der Waals surface area contributed by atoms with Crippen LogP contribution in [0.15, 0.2) is 65.5 Å². The van der Waals surface area contributed by atoms with E-state index < -0.39 is 11.6 Å². The fraction of sp³-hybridized carbons (Fsp3) is 0.300. The maximum Gasteiger partial charge on any atom is 0.348 e. The second-order valence-corrected chi connectivity index (χ2v) is 10.0. The van der Waals surface area contributed by atoms with Crippen molar-refractivity contribution in [3.05, 3.63) is 87.8 Å². The maximum absolute atomic E-state index is 13.5. The van der Waals surface area contributed by atoms with Crippen LogP contribution in [0.1, 0.15) is 48.2 Å². The van der Waals surface area contributed by atoms with Crippen LogP contribution in [-0.4, -0.2) is 49.4 Å². The van der Waals surface area contributed by atoms with Crippen LogP contribution in [0.2, 0.25) is 0 Å². The molecule has 1 heterocycles. The summed E-state index contributed by atoms with van der Waals surface area (Å²) < 4.78 is 7.32. The molecule has 9 heteroatoms. The van der Waals surface area contributed by atoms with E-state index in [1.807, 2.05) is 43.3 Å². The van der Waals surface area contributed by atoms with Crippen LogP contribution in [0.5, 0.6) is 17.2 Å². The fourth-order valence-corrected chi connectivity index (χ4v) is 4.42. The SMILES string of the molecule is Cc1ccccc1-n1c(-c2cc(C(=O)N(C)Cc3ccccc3OCCCC(C)C)c(O)cc2O)n[nH]c1=O. The molecule has 39 heavy (non-hydrogen) atoms. The van der Waals surface area contributed by atoms with Gasteiger partial charge < -0.3 is 19.8 Å². The smallest absolute Gasteiger partial charge is 0.348 e. The van der Waals surface area contributed by atoms with Crippen LogP contribution in [0.25, 0.3) is 17.1 Å². The van der Waals surface area contributed by atoms with Crippen molar-refractivity contribution in [3.8, 4) is 34.3 Å². The largest absolute Gasteiger partial charge is 0.507 e. The number of phenols is 2. The van der Waals surface area contributed by atoms with E-state index in [2.05, 4.69) is 24.0 Å². The Labute approximate surface area is 227 Å². The standard InChI is InChI=1S/C30H34N4O5/c1-19(2)10-9-15-39-27-14-8-6-12-21(27)18-33(4)29(37)23-16-22(25(35)17-26(23)36)28-31-32-30(38)34(28)24-13-7-5-11-20(24)3/h5-8,11-14,16-17,19,35-36H,9-10,15,18H2,1-4H3,(H,32,38). The molecule has 9 nitrogen and oxygen atoms in total. The molecular weight excluding hydrogens is 496 g/mol. The molecule has 0 saturated heterocycles. The Balaban J connectivity index is 1.62. The Kier molecular flexibility index (Phi) is 8.39. The van der Waals surface area contributed by atoms with Crippen molar-refractivity contribution in [3.63, 3.8) is 0 Å². The molecule has 1 aromatic heterocycles. The number of nitrogens with one attached hydrogen (secondary N) is 1. The van der Waals surface area contributed by atoms with Crippen LogP contribution < -0.4 is 10.4 Å². The minimum atomic E-state index is -0.498. The number of aryl methyl sites for hydroxylation is 1. The third-order valence-corrected chi connectivity index (χ3v) is 6.52. The Hall–Kier alpha value is -4.53. The summed E-state index contributed by atoms with van der Waals surface area (Å²) >= 11 is 0. The molecule has 3 aromatic carbocycles. The molecule has 3 N–H and O–H groups in total. The number of aromatic nitrogens is 3. The molecule has 0 saturated carbocycles. The van der Waals surface area contributed by atoms with E-state index >= 15 is 0 Å². The number of amides is 1. The number of H-pyrrole nitrogens is 1. The molecule has 4 rings (SSSR count). The van der Waals surface area contributed by atoms with Gasteiger partial charge in [-0.1, -0.05) is 50.2 Å². The van der Waals surface area contributed by atoms with Gasteiger partial charge >= 0.3 is 5.69 Å². The molecule has 0 spiro atoms. The lowest BCUT2D eigenvalue weighted by Crippen LogP contribution is -2.26. The first-order valence-corrected chi connectivity index (χ1v) is 12.9. The molecule has 0 unspecified atom stereocenters. The number of hydrogen-bond acceptors (Lipinski definition) is 6. The normalized spacial score (nSPS) is 11.1. The van der Waals surface area contributed by atoms with E-state index in [1.165, 1.54) is 15.5 Å². The van der Waals surface area contributed by atoms with E-state index in [9.17, 15) is 19.8 Å². The molecular formula is C30H34N4O5. The van der Waals surface area contributed by atoms with Gasteiger partial charge in [0.1, 0.15) is 17.2 Å². The maximum atomic E-state index is 13.5. The van der Waals surface area contributed by atoms with Gasteiger partial charge in [0, 0.05) is 25.2 Å². The molecule has 0 fully saturated rings. The van der Waals surface area contributed by atoms with Crippen molar-refractivity contribution in [2.75, 3.05) is 13.7 Å². The number of benzene rings is 3. The van der Waals surface area contributed by atoms with Crippen LogP contribution in [0, 0.1) is 12.8 Å². The van der Waals surface area contributed by atoms with Crippen LogP contribution in [-0.2, 0) is 6.54 Å². The monoisotopic (exact) mass is 530 g/mol. The van der Waals surface area contributed by atoms with Crippen LogP contribution >= 0.6 is 0 Å². The van der Waals surface area contributed by atoms with E-state index in [4.69, 9.17) is 4.74 Å². The van der Waals surface area contributed by atoms with E-state index in [0.29, 0.717) is 24.0 Å². The summed E-state index contributed by atoms with van der Waals surface area (Å²) in [5, 5.41) is 27.8. The molecule has 0 aliphatic rings. The number of hydrogen-bond donors (Lipinski definition) is 3. The van der Waals surface area contributed by atoms with Gasteiger partial charge in [0.05, 0.1) is 23.4 Å². The van der Waals surface area contributed by atoms with Crippen LogP contribution in [0.3, 0.4) is 0 Å². The average Bonchev–Trinajstić information content (AvgIpc) is 3.28. The molecule has 0 radical (unpaired) electrons. The first-order chi connectivity index (χ1) is 18.7. The molecule has 0 bridgehead atoms. The lowest BCUT2D eigenvalue weighted by atomic mass is 10.1. The van der Waals surface area contributed by atoms with Crippen molar-refractivity contribution in [1.29, 1.82) is 0 Å². The van der Waals surface area contributed by atoms with Gasteiger partial charge in [-0.2, -0.15) is 5.10 Å². The van der Waals surface area contributed by atoms with Gasteiger partial charge in [-0.15, -0.1) is 0 Å². The number of para-hydroxylation sites is 2. The number of phenolic OH excluding ortho intramolecular Hbond substituents is 2. The first kappa shape index (κ1) is 27.5. The molecule has 1 amide bonds. The van der Waals surface area contributed by atoms with Crippen molar-refractivity contribution in [1.82, 2.24) is 19.7 Å². The zero-order chi connectivity index (χ0) is 28.1. The summed E-state index contributed by atoms with van der Waals surface area (Å²) in [6.45, 7) is 7.02. The Morgan fingerprint density at radius 1 is 1.08 bits per heavy atom. The highest BCUT2D eigenvalue weighted by atomic mass is 16.5. The zero-order valence-electron chi connectivity index (χ0n) is 22.6. The third-order valence-electron chi connectivity index (χ3n) is 6.52. The Bertz CT molecular complexity index is 1520. The minimum Gasteiger partial charge on any atom is -0.507 e. The molecule has 0 aliphatic heterocycles. The number of nitrogens with zero attached hydrogens (tertiary/aromatic N) is 3. The van der Waals surface area contributed by atoms with Crippen molar-refractivity contribution in [2.45, 2.75) is 40.2 Å². The van der Waals surface area contributed by atoms with E-state index in [-0.39, 0.29) is 35.0 Å². The van der Waals surface area contributed by atoms with Gasteiger partial charge in [-0.3, -0.25) is 4.79 Å². The summed E-state index contributed by atoms with van der Waals surface area (Å²) in [6, 6.07) is 17.2. The second-order valence-electron chi connectivity index (χ2n) is 10.0. The topological polar surface area (TPSA) is 121 Å². The minimum absolute atomic E-state index is 0.0348. The van der Waals surface area contributed by atoms with E-state index in [1.54, 1.807) is 19.2 Å². The highest BCUT2D eigenvalue weighted by Gasteiger charge is 2.24. The van der Waals surface area contributed by atoms with Gasteiger partial charge in [0.15, 0.2) is 5.82 Å². The van der Waals surface area contributed by atoms with Crippen molar-refractivity contribution >= 4 is 5.91 Å². The predicted molar refractivity (Wildman–Crippen MR) is 149 cm³/mol. The number of aromatic hydroxyl groups is 2. The molecule has 204 valence electrons. The number of ether oxygens (including phenoxy) is 1. The zero-order valence-corrected chi connectivity index (χ0v) is 22.6. The van der Waals surface area contributed by atoms with Gasteiger partial charge in [-0.25, -0.2) is 14.5 Å². The first-order valence-electron chi connectivity index (χ1n) is 12.9. The molecule has 0 aliphatic carbocycles. The quantitative estimate of drug-likeness (QED) is 0.247. The summed E-state index contributed by atoms with van der Waals surface area (Å²) in [5.41, 5.74) is 1.82. The lowest BCUT2D eigenvalue weighted by molar-refractivity contribution is 0.0781. The van der Waals surface area contributed by atoms with Crippen molar-refractivity contribution < 1.29 is 19.7 Å². The van der Waals surface area contributed by atoms with E-state index in [0.717, 1.165) is 30.0 Å². The highest BCUT2D eigenvalue weighted by Crippen LogP contribution is 2.35. The van der Waals surface area contributed by atoms with Crippen LogP contribution in [0.4, 0.5) is 0 Å². The summed E-state index contributed by atoms with van der Waals surface area (Å²) in [7, 11) is 1.63. The Morgan fingerprint density at radius 2 is 1.79 bits per heavy atom. The predicted octanol–water partition coefficient (Wildman–Crippen LogP) is 5.03. The van der Waals surface area contributed by atoms with Gasteiger partial charge in [0.2, 0.25) is 0 Å².